The van der Waals surface area contributed by atoms with Gasteiger partial charge in [-0.3, -0.25) is 9.59 Å². The quantitative estimate of drug-likeness (QED) is 0.818. The van der Waals surface area contributed by atoms with E-state index in [-0.39, 0.29) is 11.8 Å². The fourth-order valence-corrected chi connectivity index (χ4v) is 3.23. The number of nitrogens with zero attached hydrogens (tertiary/aromatic N) is 1. The first-order valence-electron chi connectivity index (χ1n) is 8.70. The van der Waals surface area contributed by atoms with E-state index in [0.29, 0.717) is 18.0 Å². The van der Waals surface area contributed by atoms with Gasteiger partial charge in [0.05, 0.1) is 0 Å². The summed E-state index contributed by atoms with van der Waals surface area (Å²) >= 11 is 6.08. The first-order valence-corrected chi connectivity index (χ1v) is 9.08. The summed E-state index contributed by atoms with van der Waals surface area (Å²) in [6.45, 7) is 3.23. The van der Waals surface area contributed by atoms with Gasteiger partial charge >= 0.3 is 0 Å². The van der Waals surface area contributed by atoms with E-state index in [1.165, 1.54) is 11.6 Å². The van der Waals surface area contributed by atoms with E-state index < -0.39 is 0 Å². The van der Waals surface area contributed by atoms with E-state index in [0.717, 1.165) is 29.8 Å². The maximum atomic E-state index is 12.2. The number of benzene rings is 2. The molecule has 134 valence electrons. The minimum atomic E-state index is -0.220. The van der Waals surface area contributed by atoms with Crippen LogP contribution in [0.5, 0.6) is 0 Å². The molecule has 2 aromatic rings. The Morgan fingerprint density at radius 1 is 1.19 bits per heavy atom. The van der Waals surface area contributed by atoms with Gasteiger partial charge in [-0.05, 0) is 47.4 Å². The number of anilines is 1. The van der Waals surface area contributed by atoms with Crippen LogP contribution in [0.25, 0.3) is 6.08 Å². The van der Waals surface area contributed by atoms with Crippen LogP contribution in [0.15, 0.2) is 48.5 Å². The summed E-state index contributed by atoms with van der Waals surface area (Å²) < 4.78 is 0. The van der Waals surface area contributed by atoms with Gasteiger partial charge in [0.1, 0.15) is 0 Å². The van der Waals surface area contributed by atoms with E-state index in [2.05, 4.69) is 5.32 Å². The summed E-state index contributed by atoms with van der Waals surface area (Å²) in [5, 5.41) is 3.47. The van der Waals surface area contributed by atoms with Crippen LogP contribution in [0.3, 0.4) is 0 Å². The van der Waals surface area contributed by atoms with Crippen LogP contribution < -0.4 is 5.32 Å². The number of carbonyl (C=O) groups excluding carboxylic acids is 2. The van der Waals surface area contributed by atoms with Gasteiger partial charge in [0.25, 0.3) is 0 Å². The van der Waals surface area contributed by atoms with Crippen molar-refractivity contribution in [3.63, 3.8) is 0 Å². The maximum Gasteiger partial charge on any atom is 0.248 e. The van der Waals surface area contributed by atoms with Gasteiger partial charge in [-0.1, -0.05) is 42.8 Å². The minimum Gasteiger partial charge on any atom is -0.338 e. The van der Waals surface area contributed by atoms with E-state index in [1.54, 1.807) is 12.1 Å². The Balaban J connectivity index is 1.68. The van der Waals surface area contributed by atoms with Gasteiger partial charge in [0, 0.05) is 36.3 Å². The monoisotopic (exact) mass is 368 g/mol. The Morgan fingerprint density at radius 2 is 2.00 bits per heavy atom. The molecule has 1 aliphatic rings. The van der Waals surface area contributed by atoms with E-state index >= 15 is 0 Å². The van der Waals surface area contributed by atoms with Crippen LogP contribution in [0.2, 0.25) is 5.02 Å². The number of halogens is 1. The minimum absolute atomic E-state index is 0.160. The summed E-state index contributed by atoms with van der Waals surface area (Å²) in [6, 6.07) is 13.2. The van der Waals surface area contributed by atoms with Gasteiger partial charge < -0.3 is 10.2 Å². The predicted molar refractivity (Wildman–Crippen MR) is 105 cm³/mol. The van der Waals surface area contributed by atoms with Crippen molar-refractivity contribution in [3.8, 4) is 0 Å². The van der Waals surface area contributed by atoms with Crippen molar-refractivity contribution in [2.75, 3.05) is 11.9 Å². The highest BCUT2D eigenvalue weighted by Crippen LogP contribution is 2.23. The molecule has 0 saturated carbocycles. The SMILES string of the molecule is CCC(=O)N1CCc2ccc(NC(=O)/C=C/c3ccccc3Cl)cc2C1. The van der Waals surface area contributed by atoms with E-state index in [9.17, 15) is 9.59 Å². The third kappa shape index (κ3) is 4.33. The Bertz CT molecular complexity index is 861. The molecule has 5 heteroatoms. The number of rotatable bonds is 4. The second-order valence-electron chi connectivity index (χ2n) is 6.25. The smallest absolute Gasteiger partial charge is 0.248 e. The lowest BCUT2D eigenvalue weighted by Gasteiger charge is -2.29. The zero-order valence-electron chi connectivity index (χ0n) is 14.7. The largest absolute Gasteiger partial charge is 0.338 e. The fraction of sp³-hybridized carbons (Fsp3) is 0.238. The Labute approximate surface area is 158 Å². The van der Waals surface area contributed by atoms with Crippen LogP contribution >= 0.6 is 11.6 Å². The van der Waals surface area contributed by atoms with Crippen LogP contribution in [-0.2, 0) is 22.6 Å². The molecule has 0 bridgehead atoms. The maximum absolute atomic E-state index is 12.2. The Kier molecular flexibility index (Phi) is 5.74. The molecule has 0 spiro atoms. The van der Waals surface area contributed by atoms with Crippen molar-refractivity contribution < 1.29 is 9.59 Å². The zero-order chi connectivity index (χ0) is 18.5. The molecular weight excluding hydrogens is 348 g/mol. The van der Waals surface area contributed by atoms with E-state index in [1.807, 2.05) is 48.2 Å². The number of fused-ring (bicyclic) bond motifs is 1. The molecule has 26 heavy (non-hydrogen) atoms. The van der Waals surface area contributed by atoms with Crippen LogP contribution in [-0.4, -0.2) is 23.3 Å². The highest BCUT2D eigenvalue weighted by Gasteiger charge is 2.19. The van der Waals surface area contributed by atoms with Crippen molar-refractivity contribution in [2.24, 2.45) is 0 Å². The molecule has 2 aromatic carbocycles. The summed E-state index contributed by atoms with van der Waals surface area (Å²) in [7, 11) is 0. The van der Waals surface area contributed by atoms with Gasteiger partial charge in [-0.25, -0.2) is 0 Å². The molecule has 0 atom stereocenters. The van der Waals surface area contributed by atoms with Crippen molar-refractivity contribution in [2.45, 2.75) is 26.3 Å². The van der Waals surface area contributed by atoms with Crippen molar-refractivity contribution in [1.82, 2.24) is 4.90 Å². The number of carbonyl (C=O) groups is 2. The molecule has 0 fully saturated rings. The lowest BCUT2D eigenvalue weighted by molar-refractivity contribution is -0.131. The molecule has 1 aliphatic heterocycles. The number of hydrogen-bond donors (Lipinski definition) is 1. The summed E-state index contributed by atoms with van der Waals surface area (Å²) in [5.74, 6) is -0.0602. The number of nitrogens with one attached hydrogen (secondary N) is 1. The zero-order valence-corrected chi connectivity index (χ0v) is 15.4. The molecule has 0 aromatic heterocycles. The molecule has 4 nitrogen and oxygen atoms in total. The van der Waals surface area contributed by atoms with Crippen LogP contribution in [0.1, 0.15) is 30.0 Å². The summed E-state index contributed by atoms with van der Waals surface area (Å²) in [4.78, 5) is 26.0. The molecule has 0 radical (unpaired) electrons. The molecule has 0 unspecified atom stereocenters. The van der Waals surface area contributed by atoms with E-state index in [4.69, 9.17) is 11.6 Å². The standard InChI is InChI=1S/C21H21ClN2O2/c1-2-21(26)24-12-11-15-7-9-18(13-17(15)14-24)23-20(25)10-8-16-5-3-4-6-19(16)22/h3-10,13H,2,11-12,14H2,1H3,(H,23,25)/b10-8+. The Hall–Kier alpha value is -2.59. The lowest BCUT2D eigenvalue weighted by atomic mass is 9.99. The molecular formula is C21H21ClN2O2. The number of amides is 2. The molecule has 1 N–H and O–H groups in total. The van der Waals surface area contributed by atoms with Gasteiger partial charge in [0.2, 0.25) is 11.8 Å². The van der Waals surface area contributed by atoms with Crippen LogP contribution in [0, 0.1) is 0 Å². The lowest BCUT2D eigenvalue weighted by Crippen LogP contribution is -2.35. The third-order valence-corrected chi connectivity index (χ3v) is 4.80. The van der Waals surface area contributed by atoms with Gasteiger partial charge in [0.15, 0.2) is 0 Å². The highest BCUT2D eigenvalue weighted by molar-refractivity contribution is 6.32. The second-order valence-corrected chi connectivity index (χ2v) is 6.65. The van der Waals surface area contributed by atoms with Gasteiger partial charge in [-0.15, -0.1) is 0 Å². The van der Waals surface area contributed by atoms with Crippen molar-refractivity contribution >= 4 is 35.2 Å². The first-order chi connectivity index (χ1) is 12.6. The molecule has 0 saturated heterocycles. The van der Waals surface area contributed by atoms with Crippen molar-refractivity contribution in [3.05, 3.63) is 70.3 Å². The summed E-state index contributed by atoms with van der Waals surface area (Å²) in [6.07, 6.45) is 4.52. The molecule has 0 aliphatic carbocycles. The molecule has 1 heterocycles. The summed E-state index contributed by atoms with van der Waals surface area (Å²) in [5.41, 5.74) is 3.84. The fourth-order valence-electron chi connectivity index (χ4n) is 3.03. The normalized spacial score (nSPS) is 13.5. The topological polar surface area (TPSA) is 49.4 Å². The second kappa shape index (κ2) is 8.19. The van der Waals surface area contributed by atoms with Gasteiger partial charge in [-0.2, -0.15) is 0 Å². The average Bonchev–Trinajstić information content (AvgIpc) is 2.66. The van der Waals surface area contributed by atoms with Crippen molar-refractivity contribution in [1.29, 1.82) is 0 Å². The number of hydrogen-bond acceptors (Lipinski definition) is 2. The average molecular weight is 369 g/mol. The molecule has 3 rings (SSSR count). The van der Waals surface area contributed by atoms with Crippen LogP contribution in [0.4, 0.5) is 5.69 Å². The third-order valence-electron chi connectivity index (χ3n) is 4.46. The predicted octanol–water partition coefficient (Wildman–Crippen LogP) is 4.29. The highest BCUT2D eigenvalue weighted by atomic mass is 35.5. The first kappa shape index (κ1) is 18.2. The molecule has 2 amide bonds. The Morgan fingerprint density at radius 3 is 2.77 bits per heavy atom.